The standard InChI is InChI=1S/2K.NO3.2H3N.H3O4P/c;;2-1(3)4;;;1-5(2,3)4/h;;;2*1H3;(H3,1,2,3,4)/q2*+1;-1;;;/p-1. The molecule has 0 radical (unpaired) electrons. The minimum atomic E-state index is -4.89. The second kappa shape index (κ2) is 20.0. The third-order valence-electron chi connectivity index (χ3n) is 0. The predicted molar refractivity (Wildman–Crippen MR) is 32.4 cm³/mol. The average Bonchev–Trinajstić information content (AvgIpc) is 1.19. The molecule has 0 aromatic carbocycles. The summed E-state index contributed by atoms with van der Waals surface area (Å²) >= 11 is 0. The van der Waals surface area contributed by atoms with Crippen molar-refractivity contribution in [3.63, 3.8) is 0 Å². The maximum Gasteiger partial charge on any atom is 1.00 e. The number of nitrogens with zero attached hydrogens (tertiary/aromatic N) is 1. The van der Waals surface area contributed by atoms with Crippen LogP contribution in [0.4, 0.5) is 0 Å². The minimum Gasteiger partial charge on any atom is -0.756 e. The van der Waals surface area contributed by atoms with E-state index in [1.807, 2.05) is 0 Å². The summed E-state index contributed by atoms with van der Waals surface area (Å²) in [4.78, 5) is 31.2. The Bertz CT molecular complexity index is 121. The van der Waals surface area contributed by atoms with Gasteiger partial charge in [0.25, 0.3) is 7.82 Å². The number of rotatable bonds is 0. The summed E-state index contributed by atoms with van der Waals surface area (Å²) in [6.45, 7) is 0. The van der Waals surface area contributed by atoms with Crippen molar-refractivity contribution in [3.8, 4) is 0 Å². The summed E-state index contributed by atoms with van der Waals surface area (Å²) in [7, 11) is -4.89. The van der Waals surface area contributed by atoms with Gasteiger partial charge in [0.15, 0.2) is 0 Å². The summed E-state index contributed by atoms with van der Waals surface area (Å²) in [6.07, 6.45) is 0. The molecule has 8 N–H and O–H groups in total. The van der Waals surface area contributed by atoms with Gasteiger partial charge in [0, 0.05) is 0 Å². The molecule has 13 heavy (non-hydrogen) atoms. The zero-order valence-corrected chi connectivity index (χ0v) is 14.4. The quantitative estimate of drug-likeness (QED) is 0.142. The van der Waals surface area contributed by atoms with E-state index in [1.54, 1.807) is 0 Å². The molecular formula is H8K2N3O7P. The zero-order valence-electron chi connectivity index (χ0n) is 7.24. The van der Waals surface area contributed by atoms with Gasteiger partial charge in [-0.2, -0.15) is 0 Å². The Labute approximate surface area is 159 Å². The van der Waals surface area contributed by atoms with E-state index < -0.39 is 12.9 Å². The first-order valence-electron chi connectivity index (χ1n) is 1.31. The fourth-order valence-corrected chi connectivity index (χ4v) is 0. The second-order valence-electron chi connectivity index (χ2n) is 0.714. The Hall–Kier alpha value is 2.50. The molecule has 0 saturated heterocycles. The van der Waals surface area contributed by atoms with Gasteiger partial charge in [-0.25, -0.2) is 0 Å². The van der Waals surface area contributed by atoms with E-state index in [4.69, 9.17) is 34.6 Å². The largest absolute Gasteiger partial charge is 1.00 e. The maximum absolute atomic E-state index is 8.77. The van der Waals surface area contributed by atoms with Crippen LogP contribution < -0.4 is 120 Å². The number of hydrogen-bond donors (Lipinski definition) is 4. The molecule has 13 heteroatoms. The van der Waals surface area contributed by atoms with Crippen molar-refractivity contribution in [3.05, 3.63) is 15.3 Å². The van der Waals surface area contributed by atoms with Crippen molar-refractivity contribution in [2.45, 2.75) is 0 Å². The van der Waals surface area contributed by atoms with Gasteiger partial charge >= 0.3 is 103 Å². The van der Waals surface area contributed by atoms with Crippen molar-refractivity contribution in [2.24, 2.45) is 0 Å². The molecule has 0 aliphatic rings. The van der Waals surface area contributed by atoms with Crippen molar-refractivity contribution in [1.82, 2.24) is 12.3 Å². The van der Waals surface area contributed by atoms with Crippen LogP contribution in [-0.2, 0) is 4.57 Å². The van der Waals surface area contributed by atoms with Gasteiger partial charge in [0.2, 0.25) is 0 Å². The van der Waals surface area contributed by atoms with Gasteiger partial charge in [0.05, 0.1) is 5.09 Å². The predicted octanol–water partition coefficient (Wildman–Crippen LogP) is -7.47. The first-order valence-corrected chi connectivity index (χ1v) is 2.84. The summed E-state index contributed by atoms with van der Waals surface area (Å²) in [5.41, 5.74) is 0. The Kier molecular flexibility index (Phi) is 55.5. The van der Waals surface area contributed by atoms with Gasteiger partial charge in [-0.1, -0.05) is 0 Å². The third kappa shape index (κ3) is 362. The number of phosphoric acid groups is 1. The Morgan fingerprint density at radius 3 is 1.08 bits per heavy atom. The van der Waals surface area contributed by atoms with Gasteiger partial charge in [-0.15, -0.1) is 0 Å². The second-order valence-corrected chi connectivity index (χ2v) is 1.70. The molecule has 0 saturated carbocycles. The van der Waals surface area contributed by atoms with Crippen molar-refractivity contribution < 1.29 is 127 Å². The van der Waals surface area contributed by atoms with Gasteiger partial charge < -0.3 is 42.3 Å². The topological polar surface area (TPSA) is 217 Å². The van der Waals surface area contributed by atoms with E-state index in [0.29, 0.717) is 0 Å². The van der Waals surface area contributed by atoms with Gasteiger partial charge in [-0.05, 0) is 0 Å². The molecule has 0 spiro atoms. The summed E-state index contributed by atoms with van der Waals surface area (Å²) in [6, 6.07) is 0. The van der Waals surface area contributed by atoms with Crippen molar-refractivity contribution in [2.75, 3.05) is 0 Å². The minimum absolute atomic E-state index is 0. The number of hydrogen-bond acceptors (Lipinski definition) is 7. The van der Waals surface area contributed by atoms with Crippen LogP contribution in [-0.4, -0.2) is 14.9 Å². The Balaban J connectivity index is -0.0000000146. The fraction of sp³-hybridized carbons (Fsp3) is 0. The smallest absolute Gasteiger partial charge is 0.756 e. The fourth-order valence-electron chi connectivity index (χ4n) is 0. The molecule has 0 rings (SSSR count). The summed E-state index contributed by atoms with van der Waals surface area (Å²) in [5, 5.41) is 14.8. The summed E-state index contributed by atoms with van der Waals surface area (Å²) in [5.74, 6) is 0. The molecule has 0 aliphatic heterocycles. The van der Waals surface area contributed by atoms with Crippen molar-refractivity contribution >= 4 is 7.82 Å². The van der Waals surface area contributed by atoms with E-state index in [-0.39, 0.29) is 115 Å². The third-order valence-corrected chi connectivity index (χ3v) is 0. The molecule has 0 unspecified atom stereocenters. The molecule has 0 fully saturated rings. The van der Waals surface area contributed by atoms with E-state index in [2.05, 4.69) is 0 Å². The van der Waals surface area contributed by atoms with Crippen LogP contribution >= 0.6 is 7.82 Å². The zero-order chi connectivity index (χ0) is 8.08. The van der Waals surface area contributed by atoms with Crippen LogP contribution in [0.25, 0.3) is 0 Å². The van der Waals surface area contributed by atoms with E-state index >= 15 is 0 Å². The monoisotopic (exact) mass is 271 g/mol. The normalized spacial score (nSPS) is 6.38. The van der Waals surface area contributed by atoms with Crippen LogP contribution in [0.5, 0.6) is 0 Å². The summed E-state index contributed by atoms with van der Waals surface area (Å²) < 4.78 is 8.77. The van der Waals surface area contributed by atoms with Crippen LogP contribution in [0.1, 0.15) is 0 Å². The Morgan fingerprint density at radius 2 is 1.08 bits per heavy atom. The van der Waals surface area contributed by atoms with Crippen LogP contribution in [0.2, 0.25) is 0 Å². The molecule has 0 amide bonds. The van der Waals surface area contributed by atoms with Crippen LogP contribution in [0, 0.1) is 15.3 Å². The molecule has 0 aromatic heterocycles. The maximum atomic E-state index is 8.77. The molecular weight excluding hydrogens is 263 g/mol. The van der Waals surface area contributed by atoms with Crippen molar-refractivity contribution in [1.29, 1.82) is 0 Å². The molecule has 0 aliphatic carbocycles. The SMILES string of the molecule is N.N.O=P([O-])(O)O.O=[N+]([O-])[O-].[K+].[K+]. The average molecular weight is 271 g/mol. The van der Waals surface area contributed by atoms with E-state index in [9.17, 15) is 0 Å². The van der Waals surface area contributed by atoms with E-state index in [0.717, 1.165) is 0 Å². The first kappa shape index (κ1) is 36.1. The molecule has 72 valence electrons. The molecule has 0 atom stereocenters. The van der Waals surface area contributed by atoms with Gasteiger partial charge in [-0.3, -0.25) is 4.57 Å². The first-order chi connectivity index (χ1) is 3.73. The van der Waals surface area contributed by atoms with Crippen LogP contribution in [0.15, 0.2) is 0 Å². The van der Waals surface area contributed by atoms with Crippen LogP contribution in [0.3, 0.4) is 0 Å². The molecule has 0 aromatic rings. The molecule has 10 nitrogen and oxygen atoms in total. The van der Waals surface area contributed by atoms with E-state index in [1.165, 1.54) is 0 Å². The Morgan fingerprint density at radius 1 is 1.08 bits per heavy atom. The van der Waals surface area contributed by atoms with Gasteiger partial charge in [0.1, 0.15) is 0 Å². The molecule has 0 bridgehead atoms. The molecule has 0 heterocycles.